The van der Waals surface area contributed by atoms with Gasteiger partial charge < -0.3 is 10.2 Å². The zero-order valence-corrected chi connectivity index (χ0v) is 10.9. The lowest BCUT2D eigenvalue weighted by Gasteiger charge is -2.21. The van der Waals surface area contributed by atoms with Crippen molar-refractivity contribution in [3.63, 3.8) is 0 Å². The van der Waals surface area contributed by atoms with E-state index in [1.165, 1.54) is 5.56 Å². The number of hydrogen-bond acceptors (Lipinski definition) is 2. The van der Waals surface area contributed by atoms with E-state index in [0.29, 0.717) is 6.42 Å². The molecule has 2 rings (SSSR count). The van der Waals surface area contributed by atoms with E-state index in [0.717, 1.165) is 29.8 Å². The Bertz CT molecular complexity index is 406. The average Bonchev–Trinajstić information content (AvgIpc) is 2.44. The molecule has 1 aromatic carbocycles. The third-order valence-electron chi connectivity index (χ3n) is 2.72. The number of carbonyl (C=O) groups excluding carboxylic acids is 1. The Morgan fingerprint density at radius 2 is 2.19 bits per heavy atom. The van der Waals surface area contributed by atoms with Crippen molar-refractivity contribution in [2.24, 2.45) is 0 Å². The van der Waals surface area contributed by atoms with Crippen LogP contribution in [0.3, 0.4) is 0 Å². The van der Waals surface area contributed by atoms with Crippen molar-refractivity contribution < 1.29 is 4.79 Å². The van der Waals surface area contributed by atoms with Crippen molar-refractivity contribution in [1.82, 2.24) is 5.32 Å². The summed E-state index contributed by atoms with van der Waals surface area (Å²) in [5, 5.41) is 3.23. The fourth-order valence-corrected chi connectivity index (χ4v) is 2.56. The Balaban J connectivity index is 2.30. The molecule has 0 aliphatic carbocycles. The van der Waals surface area contributed by atoms with Gasteiger partial charge in [0.2, 0.25) is 5.91 Å². The summed E-state index contributed by atoms with van der Waals surface area (Å²) >= 11 is 3.52. The van der Waals surface area contributed by atoms with E-state index in [-0.39, 0.29) is 5.91 Å². The molecule has 1 heterocycles. The average molecular weight is 283 g/mol. The molecule has 1 aliphatic heterocycles. The summed E-state index contributed by atoms with van der Waals surface area (Å²) in [4.78, 5) is 13.8. The summed E-state index contributed by atoms with van der Waals surface area (Å²) in [5.74, 6) is 0.189. The van der Waals surface area contributed by atoms with Gasteiger partial charge >= 0.3 is 0 Å². The molecule has 1 aromatic rings. The first-order valence-electron chi connectivity index (χ1n) is 5.46. The number of halogens is 1. The number of benzene rings is 1. The fourth-order valence-electron chi connectivity index (χ4n) is 1.86. The second-order valence-corrected chi connectivity index (χ2v) is 4.85. The standard InChI is InChI=1S/C12H15BrN2O/c1-9-2-3-11(10(13)8-9)15-7-6-14-5-4-12(15)16/h2-3,8,14H,4-7H2,1H3. The zero-order valence-electron chi connectivity index (χ0n) is 9.29. The van der Waals surface area contributed by atoms with E-state index in [1.54, 1.807) is 0 Å². The molecule has 0 atom stereocenters. The Morgan fingerprint density at radius 3 is 2.94 bits per heavy atom. The highest BCUT2D eigenvalue weighted by Gasteiger charge is 2.19. The first kappa shape index (κ1) is 11.6. The van der Waals surface area contributed by atoms with Crippen LogP contribution in [0.25, 0.3) is 0 Å². The minimum absolute atomic E-state index is 0.189. The number of rotatable bonds is 1. The van der Waals surface area contributed by atoms with Crippen molar-refractivity contribution in [2.45, 2.75) is 13.3 Å². The van der Waals surface area contributed by atoms with Gasteiger partial charge in [-0.25, -0.2) is 0 Å². The van der Waals surface area contributed by atoms with Crippen LogP contribution in [0.4, 0.5) is 5.69 Å². The molecule has 4 heteroatoms. The van der Waals surface area contributed by atoms with E-state index >= 15 is 0 Å². The van der Waals surface area contributed by atoms with Crippen molar-refractivity contribution in [3.05, 3.63) is 28.2 Å². The van der Waals surface area contributed by atoms with E-state index in [4.69, 9.17) is 0 Å². The van der Waals surface area contributed by atoms with Crippen LogP contribution >= 0.6 is 15.9 Å². The van der Waals surface area contributed by atoms with Crippen molar-refractivity contribution in [2.75, 3.05) is 24.5 Å². The Labute approximate surface area is 104 Å². The van der Waals surface area contributed by atoms with Crippen LogP contribution in [0.15, 0.2) is 22.7 Å². The number of nitrogens with zero attached hydrogens (tertiary/aromatic N) is 1. The topological polar surface area (TPSA) is 32.3 Å². The Hall–Kier alpha value is -0.870. The number of hydrogen-bond donors (Lipinski definition) is 1. The summed E-state index contributed by atoms with van der Waals surface area (Å²) in [5.41, 5.74) is 2.16. The molecule has 0 saturated carbocycles. The lowest BCUT2D eigenvalue weighted by atomic mass is 10.2. The first-order chi connectivity index (χ1) is 7.68. The molecular formula is C12H15BrN2O. The molecule has 1 fully saturated rings. The van der Waals surface area contributed by atoms with E-state index in [1.807, 2.05) is 30.0 Å². The van der Waals surface area contributed by atoms with Gasteiger partial charge in [0.1, 0.15) is 0 Å². The molecule has 1 aliphatic rings. The monoisotopic (exact) mass is 282 g/mol. The van der Waals surface area contributed by atoms with Gasteiger partial charge in [-0.2, -0.15) is 0 Å². The molecule has 0 aromatic heterocycles. The van der Waals surface area contributed by atoms with Crippen molar-refractivity contribution in [1.29, 1.82) is 0 Å². The maximum absolute atomic E-state index is 11.9. The summed E-state index contributed by atoms with van der Waals surface area (Å²) in [7, 11) is 0. The number of carbonyl (C=O) groups is 1. The fraction of sp³-hybridized carbons (Fsp3) is 0.417. The maximum atomic E-state index is 11.9. The van der Waals surface area contributed by atoms with E-state index in [2.05, 4.69) is 21.2 Å². The number of amides is 1. The van der Waals surface area contributed by atoms with Gasteiger partial charge in [-0.15, -0.1) is 0 Å². The van der Waals surface area contributed by atoms with Gasteiger partial charge in [0.15, 0.2) is 0 Å². The molecule has 0 radical (unpaired) electrons. The van der Waals surface area contributed by atoms with E-state index < -0.39 is 0 Å². The Kier molecular flexibility index (Phi) is 3.61. The lowest BCUT2D eigenvalue weighted by molar-refractivity contribution is -0.118. The zero-order chi connectivity index (χ0) is 11.5. The second kappa shape index (κ2) is 4.97. The summed E-state index contributed by atoms with van der Waals surface area (Å²) in [6.45, 7) is 4.41. The lowest BCUT2D eigenvalue weighted by Crippen LogP contribution is -2.32. The highest BCUT2D eigenvalue weighted by atomic mass is 79.9. The van der Waals surface area contributed by atoms with Crippen molar-refractivity contribution >= 4 is 27.5 Å². The van der Waals surface area contributed by atoms with Gasteiger partial charge in [-0.05, 0) is 40.5 Å². The van der Waals surface area contributed by atoms with Crippen molar-refractivity contribution in [3.8, 4) is 0 Å². The van der Waals surface area contributed by atoms with Crippen LogP contribution in [-0.2, 0) is 4.79 Å². The summed E-state index contributed by atoms with van der Waals surface area (Å²) in [6.07, 6.45) is 0.570. The predicted octanol–water partition coefficient (Wildman–Crippen LogP) is 2.08. The molecule has 0 bridgehead atoms. The molecule has 1 saturated heterocycles. The Morgan fingerprint density at radius 1 is 1.38 bits per heavy atom. The van der Waals surface area contributed by atoms with Gasteiger partial charge in [-0.1, -0.05) is 6.07 Å². The maximum Gasteiger partial charge on any atom is 0.228 e. The number of nitrogens with one attached hydrogen (secondary N) is 1. The van der Waals surface area contributed by atoms with Gasteiger partial charge in [0.05, 0.1) is 5.69 Å². The molecular weight excluding hydrogens is 268 g/mol. The van der Waals surface area contributed by atoms with Gasteiger partial charge in [-0.3, -0.25) is 4.79 Å². The number of aryl methyl sites for hydroxylation is 1. The first-order valence-corrected chi connectivity index (χ1v) is 6.25. The third-order valence-corrected chi connectivity index (χ3v) is 3.36. The second-order valence-electron chi connectivity index (χ2n) is 4.00. The van der Waals surface area contributed by atoms with Crippen LogP contribution in [-0.4, -0.2) is 25.5 Å². The van der Waals surface area contributed by atoms with Crippen LogP contribution < -0.4 is 10.2 Å². The highest BCUT2D eigenvalue weighted by Crippen LogP contribution is 2.27. The summed E-state index contributed by atoms with van der Waals surface area (Å²) in [6, 6.07) is 6.08. The molecule has 16 heavy (non-hydrogen) atoms. The number of anilines is 1. The molecule has 0 unspecified atom stereocenters. The van der Waals surface area contributed by atoms with E-state index in [9.17, 15) is 4.79 Å². The largest absolute Gasteiger partial charge is 0.314 e. The molecule has 86 valence electrons. The van der Waals surface area contributed by atoms with Crippen LogP contribution in [0.2, 0.25) is 0 Å². The minimum atomic E-state index is 0.189. The third kappa shape index (κ3) is 2.44. The predicted molar refractivity (Wildman–Crippen MR) is 68.7 cm³/mol. The molecule has 3 nitrogen and oxygen atoms in total. The van der Waals surface area contributed by atoms with Gasteiger partial charge in [0, 0.05) is 30.5 Å². The molecule has 0 spiro atoms. The quantitative estimate of drug-likeness (QED) is 0.856. The molecule has 1 N–H and O–H groups in total. The van der Waals surface area contributed by atoms with Crippen LogP contribution in [0.5, 0.6) is 0 Å². The molecule has 1 amide bonds. The van der Waals surface area contributed by atoms with Crippen LogP contribution in [0, 0.1) is 6.92 Å². The normalized spacial score (nSPS) is 17.4. The smallest absolute Gasteiger partial charge is 0.228 e. The SMILES string of the molecule is Cc1ccc(N2CCNCCC2=O)c(Br)c1. The highest BCUT2D eigenvalue weighted by molar-refractivity contribution is 9.10. The van der Waals surface area contributed by atoms with Crippen LogP contribution in [0.1, 0.15) is 12.0 Å². The minimum Gasteiger partial charge on any atom is -0.314 e. The summed E-state index contributed by atoms with van der Waals surface area (Å²) < 4.78 is 0.989. The van der Waals surface area contributed by atoms with Gasteiger partial charge in [0.25, 0.3) is 0 Å².